The quantitative estimate of drug-likeness (QED) is 0.0995. The first kappa shape index (κ1) is 21.9. The molecule has 0 saturated heterocycles. The Kier molecular flexibility index (Phi) is 13.6. The van der Waals surface area contributed by atoms with Crippen molar-refractivity contribution >= 4 is 30.2 Å². The molecule has 5 heteroatoms. The van der Waals surface area contributed by atoms with Crippen LogP contribution in [0.4, 0.5) is 0 Å². The first-order chi connectivity index (χ1) is 16.1. The third kappa shape index (κ3) is 18.8. The van der Waals surface area contributed by atoms with Crippen molar-refractivity contribution in [3.63, 3.8) is 0 Å². The maximum atomic E-state index is 11.0. The lowest BCUT2D eigenvalue weighted by Crippen LogP contribution is -1.91. The van der Waals surface area contributed by atoms with E-state index in [0.717, 1.165) is 25.7 Å². The van der Waals surface area contributed by atoms with Gasteiger partial charge in [0.15, 0.2) is 0 Å². The highest BCUT2D eigenvalue weighted by Gasteiger charge is 2.08. The summed E-state index contributed by atoms with van der Waals surface area (Å²) in [6, 6.07) is 0.441. The van der Waals surface area contributed by atoms with E-state index in [-0.39, 0.29) is 24.2 Å². The number of hydrogen-bond acceptors (Lipinski definition) is 2. The van der Waals surface area contributed by atoms with E-state index in [1.807, 2.05) is 22.6 Å². The second-order valence-electron chi connectivity index (χ2n) is 8.34. The Morgan fingerprint density at radius 3 is 1.53 bits per heavy atom. The number of benzene rings is 1. The van der Waals surface area contributed by atoms with Crippen LogP contribution in [-0.4, -0.2) is 18.2 Å². The molecule has 0 aliphatic carbocycles. The standard InChI is InChI=1S/C25H44IO3P/c1-30(27,28)29-23-17-15-13-11-9-7-5-3-2-4-6-8-10-12-14-16-18-24-19-21-25(26)22-20-24/h19-22H,2-18,23H2,1H3,(H,27,28)/i19D,20D,21D,22D. The summed E-state index contributed by atoms with van der Waals surface area (Å²) >= 11 is 1.89. The average Bonchev–Trinajstić information content (AvgIpc) is 2.79. The summed E-state index contributed by atoms with van der Waals surface area (Å²) < 4.78 is 48.3. The Hall–Kier alpha value is 0.100. The van der Waals surface area contributed by atoms with Gasteiger partial charge in [-0.25, -0.2) is 0 Å². The van der Waals surface area contributed by atoms with Gasteiger partial charge in [-0.3, -0.25) is 4.57 Å². The summed E-state index contributed by atoms with van der Waals surface area (Å²) in [5.41, 5.74) is 0.567. The minimum atomic E-state index is -3.30. The molecule has 0 aromatic heterocycles. The summed E-state index contributed by atoms with van der Waals surface area (Å²) in [7, 11) is -3.30. The fraction of sp³-hybridized carbons (Fsp3) is 0.760. The molecule has 1 aromatic carbocycles. The molecule has 0 saturated carbocycles. The molecule has 30 heavy (non-hydrogen) atoms. The smallest absolute Gasteiger partial charge is 0.324 e. The van der Waals surface area contributed by atoms with Crippen molar-refractivity contribution in [3.05, 3.63) is 33.3 Å². The molecule has 0 aliphatic heterocycles. The van der Waals surface area contributed by atoms with Crippen molar-refractivity contribution in [3.8, 4) is 0 Å². The van der Waals surface area contributed by atoms with Gasteiger partial charge in [-0.1, -0.05) is 102 Å². The first-order valence-electron chi connectivity index (χ1n) is 13.8. The van der Waals surface area contributed by atoms with E-state index >= 15 is 0 Å². The monoisotopic (exact) mass is 554 g/mol. The summed E-state index contributed by atoms with van der Waals surface area (Å²) in [5.74, 6) is 0. The van der Waals surface area contributed by atoms with Crippen LogP contribution < -0.4 is 0 Å². The van der Waals surface area contributed by atoms with E-state index in [1.54, 1.807) is 0 Å². The molecular formula is C25H44IO3P. The lowest BCUT2D eigenvalue weighted by molar-refractivity contribution is 0.257. The summed E-state index contributed by atoms with van der Waals surface area (Å²) in [4.78, 5) is 9.04. The molecule has 0 aliphatic rings. The molecule has 1 rings (SSSR count). The van der Waals surface area contributed by atoms with E-state index in [1.165, 1.54) is 83.7 Å². The Morgan fingerprint density at radius 2 is 1.13 bits per heavy atom. The van der Waals surface area contributed by atoms with E-state index < -0.39 is 7.60 Å². The Bertz CT molecular complexity index is 729. The number of hydrogen-bond donors (Lipinski definition) is 1. The second-order valence-corrected chi connectivity index (χ2v) is 11.3. The SMILES string of the molecule is [2H]c1c([2H])c(CCCCCCCCCCCCCCCCCCOP(C)(=O)O)c([2H])c([2H])c1I. The average molecular weight is 555 g/mol. The Balaban J connectivity index is 1.89. The fourth-order valence-electron chi connectivity index (χ4n) is 3.56. The lowest BCUT2D eigenvalue weighted by Gasteiger charge is -2.06. The topological polar surface area (TPSA) is 46.5 Å². The molecule has 1 unspecified atom stereocenters. The summed E-state index contributed by atoms with van der Waals surface area (Å²) in [6.07, 6.45) is 19.9. The van der Waals surface area contributed by atoms with Crippen LogP contribution in [0.1, 0.15) is 114 Å². The van der Waals surface area contributed by atoms with E-state index in [4.69, 9.17) is 14.9 Å². The maximum Gasteiger partial charge on any atom is 0.325 e. The van der Waals surface area contributed by atoms with Gasteiger partial charge in [0.1, 0.15) is 0 Å². The van der Waals surface area contributed by atoms with Gasteiger partial charge < -0.3 is 9.42 Å². The predicted molar refractivity (Wildman–Crippen MR) is 138 cm³/mol. The molecule has 0 radical (unpaired) electrons. The molecule has 0 fully saturated rings. The Morgan fingerprint density at radius 1 is 0.767 bits per heavy atom. The highest BCUT2D eigenvalue weighted by molar-refractivity contribution is 14.1. The molecule has 1 atom stereocenters. The molecule has 0 heterocycles. The second kappa shape index (κ2) is 18.7. The molecule has 174 valence electrons. The largest absolute Gasteiger partial charge is 0.325 e. The van der Waals surface area contributed by atoms with Gasteiger partial charge in [0, 0.05) is 10.2 Å². The van der Waals surface area contributed by atoms with Crippen LogP contribution in [0.25, 0.3) is 0 Å². The zero-order chi connectivity index (χ0) is 25.4. The van der Waals surface area contributed by atoms with Crippen molar-refractivity contribution in [2.75, 3.05) is 13.3 Å². The minimum Gasteiger partial charge on any atom is -0.324 e. The molecule has 1 aromatic rings. The van der Waals surface area contributed by atoms with Gasteiger partial charge in [-0.15, -0.1) is 0 Å². The van der Waals surface area contributed by atoms with Crippen molar-refractivity contribution in [1.29, 1.82) is 0 Å². The van der Waals surface area contributed by atoms with Crippen LogP contribution >= 0.6 is 30.2 Å². The van der Waals surface area contributed by atoms with Crippen LogP contribution in [-0.2, 0) is 15.5 Å². The molecule has 0 bridgehead atoms. The highest BCUT2D eigenvalue weighted by Crippen LogP contribution is 2.36. The zero-order valence-corrected chi connectivity index (χ0v) is 21.9. The molecule has 0 spiro atoms. The van der Waals surface area contributed by atoms with Gasteiger partial charge in [0.2, 0.25) is 0 Å². The fourth-order valence-corrected chi connectivity index (χ4v) is 4.30. The van der Waals surface area contributed by atoms with Gasteiger partial charge >= 0.3 is 7.60 Å². The van der Waals surface area contributed by atoms with Crippen LogP contribution in [0, 0.1) is 3.57 Å². The predicted octanol–water partition coefficient (Wildman–Crippen LogP) is 8.91. The molecule has 1 N–H and O–H groups in total. The van der Waals surface area contributed by atoms with Crippen molar-refractivity contribution < 1.29 is 19.5 Å². The van der Waals surface area contributed by atoms with Gasteiger partial charge in [-0.05, 0) is 59.5 Å². The summed E-state index contributed by atoms with van der Waals surface area (Å²) in [5, 5.41) is 0. The number of unbranched alkanes of at least 4 members (excludes halogenated alkanes) is 15. The van der Waals surface area contributed by atoms with Crippen LogP contribution in [0.5, 0.6) is 0 Å². The van der Waals surface area contributed by atoms with E-state index in [2.05, 4.69) is 0 Å². The van der Waals surface area contributed by atoms with Gasteiger partial charge in [0.25, 0.3) is 0 Å². The Labute approximate surface area is 205 Å². The number of rotatable bonds is 20. The van der Waals surface area contributed by atoms with E-state index in [9.17, 15) is 4.57 Å². The minimum absolute atomic E-state index is 0.0910. The van der Waals surface area contributed by atoms with Gasteiger partial charge in [0.05, 0.1) is 12.1 Å². The number of halogens is 1. The van der Waals surface area contributed by atoms with E-state index in [0.29, 0.717) is 22.2 Å². The van der Waals surface area contributed by atoms with Crippen molar-refractivity contribution in [2.45, 2.75) is 109 Å². The van der Waals surface area contributed by atoms with Gasteiger partial charge in [-0.2, -0.15) is 0 Å². The third-order valence-corrected chi connectivity index (χ3v) is 6.50. The third-order valence-electron chi connectivity index (χ3n) is 5.30. The molecule has 0 amide bonds. The normalized spacial score (nSPS) is 15.3. The van der Waals surface area contributed by atoms with Crippen LogP contribution in [0.15, 0.2) is 24.2 Å². The van der Waals surface area contributed by atoms with Crippen molar-refractivity contribution in [2.24, 2.45) is 0 Å². The first-order valence-corrected chi connectivity index (χ1v) is 14.9. The zero-order valence-electron chi connectivity index (χ0n) is 22.8. The highest BCUT2D eigenvalue weighted by atomic mass is 127. The molecular weight excluding hydrogens is 506 g/mol. The lowest BCUT2D eigenvalue weighted by atomic mass is 10.0. The van der Waals surface area contributed by atoms with Crippen molar-refractivity contribution in [1.82, 2.24) is 0 Å². The molecule has 3 nitrogen and oxygen atoms in total. The van der Waals surface area contributed by atoms with Crippen LogP contribution in [0.3, 0.4) is 0 Å². The van der Waals surface area contributed by atoms with Crippen LogP contribution in [0.2, 0.25) is 0 Å². The maximum absolute atomic E-state index is 11.0. The summed E-state index contributed by atoms with van der Waals surface area (Å²) in [6.45, 7) is 1.62.